The zero-order valence-corrected chi connectivity index (χ0v) is 20.0. The standard InChI is InChI=1S/C28H31NO6/c1-2-6-22-15-26(30)35-25-16-23(13-14-24(22)25)34-27(31)21-11-9-19(10-12-21)17-29-28(32)33-18-20-7-4-3-5-8-20/h3-5,7-8,13-16,19,21H,2,6,9-12,17-18H2,1H3,(H,29,32). The minimum Gasteiger partial charge on any atom is -0.445 e. The smallest absolute Gasteiger partial charge is 0.407 e. The molecule has 7 heteroatoms. The van der Waals surface area contributed by atoms with Gasteiger partial charge in [0.1, 0.15) is 17.9 Å². The monoisotopic (exact) mass is 477 g/mol. The maximum Gasteiger partial charge on any atom is 0.407 e. The summed E-state index contributed by atoms with van der Waals surface area (Å²) in [5.41, 5.74) is 1.91. The van der Waals surface area contributed by atoms with Crippen LogP contribution in [0.4, 0.5) is 4.79 Å². The second-order valence-electron chi connectivity index (χ2n) is 9.08. The highest BCUT2D eigenvalue weighted by Gasteiger charge is 2.28. The Kier molecular flexibility index (Phi) is 8.19. The SMILES string of the molecule is CCCc1cc(=O)oc2cc(OC(=O)C3CCC(CNC(=O)OCc4ccccc4)CC3)ccc12. The number of esters is 1. The quantitative estimate of drug-likeness (QED) is 0.266. The van der Waals surface area contributed by atoms with Crippen molar-refractivity contribution in [1.29, 1.82) is 0 Å². The second kappa shape index (κ2) is 11.7. The fourth-order valence-corrected chi connectivity index (χ4v) is 4.55. The molecule has 1 aliphatic carbocycles. The van der Waals surface area contributed by atoms with Crippen molar-refractivity contribution in [2.45, 2.75) is 52.1 Å². The van der Waals surface area contributed by atoms with E-state index in [9.17, 15) is 14.4 Å². The van der Waals surface area contributed by atoms with Gasteiger partial charge in [0.15, 0.2) is 0 Å². The van der Waals surface area contributed by atoms with Crippen molar-refractivity contribution >= 4 is 23.0 Å². The number of benzene rings is 2. The molecule has 1 fully saturated rings. The summed E-state index contributed by atoms with van der Waals surface area (Å²) in [7, 11) is 0. The molecule has 0 aliphatic heterocycles. The number of amides is 1. The number of carbonyl (C=O) groups excluding carboxylic acids is 2. The molecule has 1 N–H and O–H groups in total. The van der Waals surface area contributed by atoms with Gasteiger partial charge in [-0.1, -0.05) is 43.7 Å². The molecule has 35 heavy (non-hydrogen) atoms. The van der Waals surface area contributed by atoms with E-state index < -0.39 is 11.7 Å². The van der Waals surface area contributed by atoms with Crippen LogP contribution in [-0.4, -0.2) is 18.6 Å². The summed E-state index contributed by atoms with van der Waals surface area (Å²) in [6, 6.07) is 16.3. The van der Waals surface area contributed by atoms with E-state index in [1.165, 1.54) is 6.07 Å². The van der Waals surface area contributed by atoms with Crippen LogP contribution >= 0.6 is 0 Å². The fraction of sp³-hybridized carbons (Fsp3) is 0.393. The lowest BCUT2D eigenvalue weighted by Crippen LogP contribution is -2.33. The minimum absolute atomic E-state index is 0.189. The molecular formula is C28H31NO6. The van der Waals surface area contributed by atoms with Crippen molar-refractivity contribution in [2.75, 3.05) is 6.54 Å². The predicted octanol–water partition coefficient (Wildman–Crippen LogP) is 5.38. The molecule has 0 radical (unpaired) electrons. The topological polar surface area (TPSA) is 94.8 Å². The van der Waals surface area contributed by atoms with E-state index in [0.717, 1.165) is 42.2 Å². The summed E-state index contributed by atoms with van der Waals surface area (Å²) in [5, 5.41) is 3.69. The molecular weight excluding hydrogens is 446 g/mol. The van der Waals surface area contributed by atoms with Crippen molar-refractivity contribution < 1.29 is 23.5 Å². The molecule has 0 atom stereocenters. The Bertz CT molecular complexity index is 1210. The van der Waals surface area contributed by atoms with Crippen LogP contribution in [0.3, 0.4) is 0 Å². The molecule has 0 saturated heterocycles. The van der Waals surface area contributed by atoms with Gasteiger partial charge in [-0.3, -0.25) is 4.79 Å². The number of carbonyl (C=O) groups is 2. The number of alkyl carbamates (subject to hydrolysis) is 1. The van der Waals surface area contributed by atoms with Gasteiger partial charge in [0, 0.05) is 24.1 Å². The largest absolute Gasteiger partial charge is 0.445 e. The summed E-state index contributed by atoms with van der Waals surface area (Å²) in [5.74, 6) is 0.218. The van der Waals surface area contributed by atoms with Gasteiger partial charge < -0.3 is 19.2 Å². The second-order valence-corrected chi connectivity index (χ2v) is 9.08. The summed E-state index contributed by atoms with van der Waals surface area (Å²) in [4.78, 5) is 36.6. The van der Waals surface area contributed by atoms with E-state index in [-0.39, 0.29) is 18.5 Å². The van der Waals surface area contributed by atoms with E-state index in [1.807, 2.05) is 36.4 Å². The van der Waals surface area contributed by atoms with E-state index in [2.05, 4.69) is 12.2 Å². The first-order chi connectivity index (χ1) is 17.0. The fourth-order valence-electron chi connectivity index (χ4n) is 4.55. The highest BCUT2D eigenvalue weighted by Crippen LogP contribution is 2.30. The molecule has 1 aliphatic rings. The normalized spacial score (nSPS) is 17.6. The van der Waals surface area contributed by atoms with E-state index in [4.69, 9.17) is 13.9 Å². The number of aryl methyl sites for hydroxylation is 1. The number of hydrogen-bond donors (Lipinski definition) is 1. The van der Waals surface area contributed by atoms with Crippen molar-refractivity contribution in [1.82, 2.24) is 5.32 Å². The molecule has 4 rings (SSSR count). The van der Waals surface area contributed by atoms with Crippen LogP contribution < -0.4 is 15.7 Å². The van der Waals surface area contributed by atoms with Gasteiger partial charge in [-0.05, 0) is 61.3 Å². The van der Waals surface area contributed by atoms with E-state index >= 15 is 0 Å². The van der Waals surface area contributed by atoms with Gasteiger partial charge in [0.2, 0.25) is 0 Å². The summed E-state index contributed by atoms with van der Waals surface area (Å²) < 4.78 is 16.2. The van der Waals surface area contributed by atoms with Gasteiger partial charge in [-0.15, -0.1) is 0 Å². The zero-order valence-electron chi connectivity index (χ0n) is 20.0. The van der Waals surface area contributed by atoms with Gasteiger partial charge >= 0.3 is 17.7 Å². The van der Waals surface area contributed by atoms with Crippen LogP contribution in [0.2, 0.25) is 0 Å². The first-order valence-corrected chi connectivity index (χ1v) is 12.2. The molecule has 184 valence electrons. The van der Waals surface area contributed by atoms with Crippen molar-refractivity contribution in [3.05, 3.63) is 76.1 Å². The lowest BCUT2D eigenvalue weighted by atomic mass is 9.82. The van der Waals surface area contributed by atoms with Crippen molar-refractivity contribution in [2.24, 2.45) is 11.8 Å². The summed E-state index contributed by atoms with van der Waals surface area (Å²) in [6.45, 7) is 2.82. The number of rotatable bonds is 8. The van der Waals surface area contributed by atoms with Gasteiger partial charge in [-0.25, -0.2) is 9.59 Å². The average molecular weight is 478 g/mol. The van der Waals surface area contributed by atoms with Crippen molar-refractivity contribution in [3.8, 4) is 5.75 Å². The molecule has 3 aromatic rings. The first-order valence-electron chi connectivity index (χ1n) is 12.2. The van der Waals surface area contributed by atoms with E-state index in [0.29, 0.717) is 36.6 Å². The third-order valence-electron chi connectivity index (χ3n) is 6.47. The third kappa shape index (κ3) is 6.72. The molecule has 0 bridgehead atoms. The van der Waals surface area contributed by atoms with Crippen LogP contribution in [0.5, 0.6) is 5.75 Å². The molecule has 0 spiro atoms. The summed E-state index contributed by atoms with van der Waals surface area (Å²) >= 11 is 0. The van der Waals surface area contributed by atoms with Crippen LogP contribution in [0, 0.1) is 11.8 Å². The lowest BCUT2D eigenvalue weighted by Gasteiger charge is -2.27. The maximum atomic E-state index is 12.7. The Balaban J connectivity index is 1.23. The van der Waals surface area contributed by atoms with Crippen molar-refractivity contribution in [3.63, 3.8) is 0 Å². The number of hydrogen-bond acceptors (Lipinski definition) is 6. The molecule has 2 aromatic carbocycles. The molecule has 1 aromatic heterocycles. The highest BCUT2D eigenvalue weighted by atomic mass is 16.5. The van der Waals surface area contributed by atoms with Crippen LogP contribution in [-0.2, 0) is 22.6 Å². The molecule has 7 nitrogen and oxygen atoms in total. The molecule has 1 heterocycles. The Morgan fingerprint density at radius 3 is 2.54 bits per heavy atom. The number of fused-ring (bicyclic) bond motifs is 1. The van der Waals surface area contributed by atoms with Gasteiger partial charge in [0.25, 0.3) is 0 Å². The maximum absolute atomic E-state index is 12.7. The minimum atomic E-state index is -0.430. The van der Waals surface area contributed by atoms with Gasteiger partial charge in [-0.2, -0.15) is 0 Å². The Hall–Kier alpha value is -3.61. The number of ether oxygens (including phenoxy) is 2. The number of nitrogens with one attached hydrogen (secondary N) is 1. The first kappa shape index (κ1) is 24.5. The molecule has 1 amide bonds. The molecule has 1 saturated carbocycles. The predicted molar refractivity (Wildman–Crippen MR) is 132 cm³/mol. The highest BCUT2D eigenvalue weighted by molar-refractivity contribution is 5.83. The Labute approximate surface area is 204 Å². The van der Waals surface area contributed by atoms with Crippen LogP contribution in [0.15, 0.2) is 63.8 Å². The molecule has 0 unspecified atom stereocenters. The van der Waals surface area contributed by atoms with Gasteiger partial charge in [0.05, 0.1) is 5.92 Å². The van der Waals surface area contributed by atoms with E-state index in [1.54, 1.807) is 12.1 Å². The lowest BCUT2D eigenvalue weighted by molar-refractivity contribution is -0.140. The average Bonchev–Trinajstić information content (AvgIpc) is 2.87. The Morgan fingerprint density at radius 2 is 1.80 bits per heavy atom. The summed E-state index contributed by atoms with van der Waals surface area (Å²) in [6.07, 6.45) is 4.32. The Morgan fingerprint density at radius 1 is 1.03 bits per heavy atom. The van der Waals surface area contributed by atoms with Crippen LogP contribution in [0.25, 0.3) is 11.0 Å². The zero-order chi connectivity index (χ0) is 24.6. The van der Waals surface area contributed by atoms with Crippen LogP contribution in [0.1, 0.15) is 50.2 Å². The third-order valence-corrected chi connectivity index (χ3v) is 6.47.